The molecule has 1 aromatic heterocycles. The topological polar surface area (TPSA) is 56.3 Å². The Kier molecular flexibility index (Phi) is 2.74. The number of aldehydes is 1. The number of nitrogens with zero attached hydrogens (tertiary/aromatic N) is 1. The molecule has 0 atom stereocenters. The van der Waals surface area contributed by atoms with Crippen LogP contribution in [0.25, 0.3) is 0 Å². The van der Waals surface area contributed by atoms with Crippen molar-refractivity contribution in [1.82, 2.24) is 4.98 Å². The van der Waals surface area contributed by atoms with Gasteiger partial charge in [-0.3, -0.25) is 4.79 Å². The maximum Gasteiger partial charge on any atom is 0.357 e. The molecule has 4 heteroatoms. The number of methoxy groups -OCH3 is 1. The van der Waals surface area contributed by atoms with E-state index in [-0.39, 0.29) is 11.3 Å². The van der Waals surface area contributed by atoms with Crippen LogP contribution in [0.4, 0.5) is 0 Å². The number of aryl methyl sites for hydroxylation is 1. The Balaban J connectivity index is 3.28. The Labute approximate surface area is 75.5 Å². The van der Waals surface area contributed by atoms with Gasteiger partial charge in [0.05, 0.1) is 12.7 Å². The Hall–Kier alpha value is -1.71. The normalized spacial score (nSPS) is 9.38. The highest BCUT2D eigenvalue weighted by Gasteiger charge is 2.14. The zero-order chi connectivity index (χ0) is 9.84. The Morgan fingerprint density at radius 2 is 2.31 bits per heavy atom. The molecule has 0 spiro atoms. The molecule has 0 amide bonds. The van der Waals surface area contributed by atoms with Crippen molar-refractivity contribution in [3.63, 3.8) is 0 Å². The standard InChI is InChI=1S/C9H9NO3/c1-6-3-4-10-8(7(6)5-11)9(12)13-2/h3-5H,1-2H3. The lowest BCUT2D eigenvalue weighted by atomic mass is 10.1. The molecule has 1 rings (SSSR count). The van der Waals surface area contributed by atoms with Gasteiger partial charge in [-0.15, -0.1) is 0 Å². The van der Waals surface area contributed by atoms with Crippen LogP contribution in [0.5, 0.6) is 0 Å². The molecule has 13 heavy (non-hydrogen) atoms. The maximum atomic E-state index is 11.1. The van der Waals surface area contributed by atoms with Crippen LogP contribution in [0.15, 0.2) is 12.3 Å². The average Bonchev–Trinajstić information content (AvgIpc) is 2.16. The second-order valence-electron chi connectivity index (χ2n) is 2.50. The van der Waals surface area contributed by atoms with E-state index in [9.17, 15) is 9.59 Å². The number of carbonyl (C=O) groups excluding carboxylic acids is 2. The van der Waals surface area contributed by atoms with Crippen molar-refractivity contribution in [2.75, 3.05) is 7.11 Å². The predicted molar refractivity (Wildman–Crippen MR) is 45.7 cm³/mol. The number of carbonyl (C=O) groups is 2. The second kappa shape index (κ2) is 3.80. The van der Waals surface area contributed by atoms with Crippen molar-refractivity contribution >= 4 is 12.3 Å². The lowest BCUT2D eigenvalue weighted by Crippen LogP contribution is -2.09. The van der Waals surface area contributed by atoms with Crippen molar-refractivity contribution in [1.29, 1.82) is 0 Å². The summed E-state index contributed by atoms with van der Waals surface area (Å²) in [5.74, 6) is -0.592. The van der Waals surface area contributed by atoms with Gasteiger partial charge in [0, 0.05) is 6.20 Å². The van der Waals surface area contributed by atoms with E-state index < -0.39 is 5.97 Å². The zero-order valence-corrected chi connectivity index (χ0v) is 7.40. The van der Waals surface area contributed by atoms with Gasteiger partial charge in [-0.2, -0.15) is 0 Å². The van der Waals surface area contributed by atoms with Crippen LogP contribution in [-0.2, 0) is 4.74 Å². The van der Waals surface area contributed by atoms with E-state index in [0.29, 0.717) is 11.8 Å². The number of aromatic nitrogens is 1. The van der Waals surface area contributed by atoms with Gasteiger partial charge < -0.3 is 4.74 Å². The van der Waals surface area contributed by atoms with Crippen LogP contribution in [0.2, 0.25) is 0 Å². The summed E-state index contributed by atoms with van der Waals surface area (Å²) in [7, 11) is 1.25. The smallest absolute Gasteiger partial charge is 0.357 e. The molecule has 0 bridgehead atoms. The maximum absolute atomic E-state index is 11.1. The van der Waals surface area contributed by atoms with Crippen LogP contribution in [0, 0.1) is 6.92 Å². The SMILES string of the molecule is COC(=O)c1nccc(C)c1C=O. The molecule has 1 aromatic rings. The molecule has 0 unspecified atom stereocenters. The second-order valence-corrected chi connectivity index (χ2v) is 2.50. The minimum Gasteiger partial charge on any atom is -0.464 e. The molecule has 0 aliphatic carbocycles. The first-order chi connectivity index (χ1) is 6.20. The third-order valence-corrected chi connectivity index (χ3v) is 1.70. The molecule has 68 valence electrons. The van der Waals surface area contributed by atoms with Crippen LogP contribution < -0.4 is 0 Å². The lowest BCUT2D eigenvalue weighted by Gasteiger charge is -2.03. The van der Waals surface area contributed by atoms with Gasteiger partial charge in [0.1, 0.15) is 0 Å². The van der Waals surface area contributed by atoms with E-state index in [0.717, 1.165) is 0 Å². The quantitative estimate of drug-likeness (QED) is 0.501. The zero-order valence-electron chi connectivity index (χ0n) is 7.40. The Morgan fingerprint density at radius 1 is 1.62 bits per heavy atom. The first kappa shape index (κ1) is 9.38. The number of pyridine rings is 1. The third kappa shape index (κ3) is 1.72. The van der Waals surface area contributed by atoms with Gasteiger partial charge in [0.15, 0.2) is 12.0 Å². The number of rotatable bonds is 2. The summed E-state index contributed by atoms with van der Waals surface area (Å²) >= 11 is 0. The first-order valence-corrected chi connectivity index (χ1v) is 3.69. The molecule has 0 radical (unpaired) electrons. The van der Waals surface area contributed by atoms with Gasteiger partial charge in [-0.1, -0.05) is 0 Å². The van der Waals surface area contributed by atoms with Gasteiger partial charge in [-0.25, -0.2) is 9.78 Å². The van der Waals surface area contributed by atoms with E-state index >= 15 is 0 Å². The summed E-state index contributed by atoms with van der Waals surface area (Å²) in [6, 6.07) is 1.66. The number of hydrogen-bond acceptors (Lipinski definition) is 4. The molecular formula is C9H9NO3. The monoisotopic (exact) mass is 179 g/mol. The fourth-order valence-corrected chi connectivity index (χ4v) is 0.978. The van der Waals surface area contributed by atoms with Gasteiger partial charge >= 0.3 is 5.97 Å². The van der Waals surface area contributed by atoms with Crippen LogP contribution in [-0.4, -0.2) is 24.3 Å². The largest absolute Gasteiger partial charge is 0.464 e. The van der Waals surface area contributed by atoms with Gasteiger partial charge in [0.2, 0.25) is 0 Å². The Bertz CT molecular complexity index is 347. The summed E-state index contributed by atoms with van der Waals surface area (Å²) in [5, 5.41) is 0. The highest BCUT2D eigenvalue weighted by atomic mass is 16.5. The molecule has 1 heterocycles. The molecule has 0 aromatic carbocycles. The number of hydrogen-bond donors (Lipinski definition) is 0. The van der Waals surface area contributed by atoms with Crippen molar-refractivity contribution in [3.05, 3.63) is 29.1 Å². The van der Waals surface area contributed by atoms with Crippen molar-refractivity contribution < 1.29 is 14.3 Å². The van der Waals surface area contributed by atoms with Crippen LogP contribution in [0.1, 0.15) is 26.4 Å². The first-order valence-electron chi connectivity index (χ1n) is 3.69. The average molecular weight is 179 g/mol. The molecule has 0 aliphatic rings. The van der Waals surface area contributed by atoms with E-state index in [1.165, 1.54) is 13.3 Å². The van der Waals surface area contributed by atoms with Crippen LogP contribution >= 0.6 is 0 Å². The number of ether oxygens (including phenoxy) is 1. The lowest BCUT2D eigenvalue weighted by molar-refractivity contribution is 0.0591. The molecule has 0 N–H and O–H groups in total. The minimum absolute atomic E-state index is 0.0671. The molecule has 0 saturated heterocycles. The summed E-state index contributed by atoms with van der Waals surface area (Å²) in [4.78, 5) is 25.5. The molecular weight excluding hydrogens is 170 g/mol. The molecule has 0 aliphatic heterocycles. The van der Waals surface area contributed by atoms with E-state index in [2.05, 4.69) is 9.72 Å². The summed E-state index contributed by atoms with van der Waals surface area (Å²) < 4.78 is 4.47. The van der Waals surface area contributed by atoms with Gasteiger partial charge in [0.25, 0.3) is 0 Å². The third-order valence-electron chi connectivity index (χ3n) is 1.70. The highest BCUT2D eigenvalue weighted by molar-refractivity contribution is 5.97. The van der Waals surface area contributed by atoms with E-state index in [1.54, 1.807) is 13.0 Å². The van der Waals surface area contributed by atoms with Crippen molar-refractivity contribution in [2.24, 2.45) is 0 Å². The van der Waals surface area contributed by atoms with Crippen molar-refractivity contribution in [3.8, 4) is 0 Å². The highest BCUT2D eigenvalue weighted by Crippen LogP contribution is 2.09. The van der Waals surface area contributed by atoms with E-state index in [1.807, 2.05) is 0 Å². The van der Waals surface area contributed by atoms with Gasteiger partial charge in [-0.05, 0) is 18.6 Å². The summed E-state index contributed by atoms with van der Waals surface area (Å²) in [5.41, 5.74) is 1.07. The molecule has 0 saturated carbocycles. The minimum atomic E-state index is -0.592. The summed E-state index contributed by atoms with van der Waals surface area (Å²) in [6.07, 6.45) is 2.07. The summed E-state index contributed by atoms with van der Waals surface area (Å²) in [6.45, 7) is 1.73. The van der Waals surface area contributed by atoms with Crippen molar-refractivity contribution in [2.45, 2.75) is 6.92 Å². The number of esters is 1. The fourth-order valence-electron chi connectivity index (χ4n) is 0.978. The van der Waals surface area contributed by atoms with Crippen LogP contribution in [0.3, 0.4) is 0 Å². The fraction of sp³-hybridized carbons (Fsp3) is 0.222. The van der Waals surface area contributed by atoms with E-state index in [4.69, 9.17) is 0 Å². The Morgan fingerprint density at radius 3 is 2.85 bits per heavy atom. The predicted octanol–water partition coefficient (Wildman–Crippen LogP) is 0.989. The molecule has 0 fully saturated rings. The molecule has 4 nitrogen and oxygen atoms in total.